The minimum atomic E-state index is -0.550. The highest BCUT2D eigenvalue weighted by Crippen LogP contribution is 2.24. The van der Waals surface area contributed by atoms with Crippen molar-refractivity contribution >= 4 is 23.3 Å². The minimum absolute atomic E-state index is 0.0188. The molecule has 0 bridgehead atoms. The van der Waals surface area contributed by atoms with Crippen molar-refractivity contribution in [3.05, 3.63) is 59.2 Å². The molecule has 0 aliphatic heterocycles. The SMILES string of the molecule is COC(=O)CC[C@H](C)C(=O)Nc1cc(C)c(F)cc1C(=O)c1ccccn1. The second kappa shape index (κ2) is 9.02. The number of anilines is 1. The van der Waals surface area contributed by atoms with Crippen LogP contribution in [0.3, 0.4) is 0 Å². The molecule has 0 radical (unpaired) electrons. The zero-order chi connectivity index (χ0) is 20.0. The lowest BCUT2D eigenvalue weighted by Gasteiger charge is -2.15. The first-order valence-electron chi connectivity index (χ1n) is 8.47. The number of aryl methyl sites for hydroxylation is 1. The molecule has 6 nitrogen and oxygen atoms in total. The quantitative estimate of drug-likeness (QED) is 0.595. The number of nitrogens with zero attached hydrogens (tertiary/aromatic N) is 1. The van der Waals surface area contributed by atoms with Crippen LogP contribution in [0.25, 0.3) is 0 Å². The summed E-state index contributed by atoms with van der Waals surface area (Å²) in [5.74, 6) is -2.32. The van der Waals surface area contributed by atoms with Crippen LogP contribution in [0.15, 0.2) is 36.5 Å². The van der Waals surface area contributed by atoms with Crippen molar-refractivity contribution in [3.8, 4) is 0 Å². The number of ether oxygens (including phenoxy) is 1. The van der Waals surface area contributed by atoms with Gasteiger partial charge < -0.3 is 10.1 Å². The molecule has 27 heavy (non-hydrogen) atoms. The number of carbonyl (C=O) groups is 3. The summed E-state index contributed by atoms with van der Waals surface area (Å²) in [6.07, 6.45) is 1.86. The topological polar surface area (TPSA) is 85.4 Å². The number of hydrogen-bond acceptors (Lipinski definition) is 5. The van der Waals surface area contributed by atoms with E-state index < -0.39 is 23.5 Å². The van der Waals surface area contributed by atoms with E-state index in [1.165, 1.54) is 25.4 Å². The number of esters is 1. The largest absolute Gasteiger partial charge is 0.469 e. The molecule has 1 aromatic heterocycles. The summed E-state index contributed by atoms with van der Waals surface area (Å²) in [5.41, 5.74) is 0.671. The van der Waals surface area contributed by atoms with Crippen LogP contribution < -0.4 is 5.32 Å². The number of rotatable bonds is 7. The van der Waals surface area contributed by atoms with Gasteiger partial charge in [0.1, 0.15) is 11.5 Å². The van der Waals surface area contributed by atoms with Crippen molar-refractivity contribution in [2.24, 2.45) is 5.92 Å². The normalized spacial score (nSPS) is 11.6. The summed E-state index contributed by atoms with van der Waals surface area (Å²) in [4.78, 5) is 40.3. The highest BCUT2D eigenvalue weighted by Gasteiger charge is 2.21. The monoisotopic (exact) mass is 372 g/mol. The third-order valence-corrected chi connectivity index (χ3v) is 4.16. The van der Waals surface area contributed by atoms with Crippen molar-refractivity contribution in [2.75, 3.05) is 12.4 Å². The van der Waals surface area contributed by atoms with Gasteiger partial charge in [0.25, 0.3) is 0 Å². The average Bonchev–Trinajstić information content (AvgIpc) is 2.68. The first-order valence-corrected chi connectivity index (χ1v) is 8.47. The van der Waals surface area contributed by atoms with Crippen LogP contribution in [-0.4, -0.2) is 29.8 Å². The van der Waals surface area contributed by atoms with Crippen molar-refractivity contribution < 1.29 is 23.5 Å². The zero-order valence-electron chi connectivity index (χ0n) is 15.4. The number of carbonyl (C=O) groups excluding carboxylic acids is 3. The Balaban J connectivity index is 2.25. The Hall–Kier alpha value is -3.09. The molecule has 0 spiro atoms. The second-order valence-corrected chi connectivity index (χ2v) is 6.20. The predicted octanol–water partition coefficient (Wildman–Crippen LogP) is 3.29. The molecule has 142 valence electrons. The maximum atomic E-state index is 14.0. The number of pyridine rings is 1. The van der Waals surface area contributed by atoms with E-state index in [1.807, 2.05) is 0 Å². The van der Waals surface area contributed by atoms with Gasteiger partial charge in [-0.2, -0.15) is 0 Å². The van der Waals surface area contributed by atoms with E-state index in [-0.39, 0.29) is 29.3 Å². The Morgan fingerprint density at radius 2 is 2.00 bits per heavy atom. The van der Waals surface area contributed by atoms with Gasteiger partial charge in [-0.05, 0) is 43.2 Å². The van der Waals surface area contributed by atoms with Gasteiger partial charge in [0.05, 0.1) is 18.4 Å². The number of hydrogen-bond donors (Lipinski definition) is 1. The van der Waals surface area contributed by atoms with E-state index in [1.54, 1.807) is 26.0 Å². The van der Waals surface area contributed by atoms with E-state index in [0.717, 1.165) is 6.07 Å². The van der Waals surface area contributed by atoms with Gasteiger partial charge in [-0.15, -0.1) is 0 Å². The highest BCUT2D eigenvalue weighted by atomic mass is 19.1. The molecule has 0 fully saturated rings. The molecule has 2 rings (SSSR count). The van der Waals surface area contributed by atoms with Gasteiger partial charge in [-0.3, -0.25) is 19.4 Å². The van der Waals surface area contributed by atoms with E-state index in [2.05, 4.69) is 15.0 Å². The fourth-order valence-electron chi connectivity index (χ4n) is 2.43. The standard InChI is InChI=1S/C20H21FN2O4/c1-12(7-8-18(24)27-3)20(26)23-17-10-13(2)15(21)11-14(17)19(25)16-6-4-5-9-22-16/h4-6,9-12H,7-8H2,1-3H3,(H,23,26)/t12-/m0/s1. The molecule has 1 heterocycles. The Labute approximate surface area is 156 Å². The number of aromatic nitrogens is 1. The van der Waals surface area contributed by atoms with Gasteiger partial charge in [-0.1, -0.05) is 13.0 Å². The van der Waals surface area contributed by atoms with Gasteiger partial charge >= 0.3 is 5.97 Å². The molecule has 0 unspecified atom stereocenters. The van der Waals surface area contributed by atoms with Crippen LogP contribution in [0.5, 0.6) is 0 Å². The van der Waals surface area contributed by atoms with E-state index in [9.17, 15) is 18.8 Å². The second-order valence-electron chi connectivity index (χ2n) is 6.20. The summed E-state index contributed by atoms with van der Waals surface area (Å²) < 4.78 is 18.6. The van der Waals surface area contributed by atoms with Gasteiger partial charge in [0.2, 0.25) is 11.7 Å². The van der Waals surface area contributed by atoms with E-state index in [0.29, 0.717) is 12.0 Å². The lowest BCUT2D eigenvalue weighted by atomic mass is 10.0. The highest BCUT2D eigenvalue weighted by molar-refractivity contribution is 6.13. The van der Waals surface area contributed by atoms with Crippen molar-refractivity contribution in [3.63, 3.8) is 0 Å². The maximum Gasteiger partial charge on any atom is 0.305 e. The fraction of sp³-hybridized carbons (Fsp3) is 0.300. The lowest BCUT2D eigenvalue weighted by molar-refractivity contribution is -0.141. The summed E-state index contributed by atoms with van der Waals surface area (Å²) in [5, 5.41) is 2.66. The Bertz CT molecular complexity index is 853. The number of ketones is 1. The Morgan fingerprint density at radius 3 is 2.63 bits per heavy atom. The third-order valence-electron chi connectivity index (χ3n) is 4.16. The molecule has 1 amide bonds. The van der Waals surface area contributed by atoms with E-state index >= 15 is 0 Å². The van der Waals surface area contributed by atoms with Crippen LogP contribution in [-0.2, 0) is 14.3 Å². The summed E-state index contributed by atoms with van der Waals surface area (Å²) in [6, 6.07) is 7.35. The van der Waals surface area contributed by atoms with Crippen molar-refractivity contribution in [1.29, 1.82) is 0 Å². The number of methoxy groups -OCH3 is 1. The summed E-state index contributed by atoms with van der Waals surface area (Å²) in [6.45, 7) is 3.20. The third kappa shape index (κ3) is 5.20. The molecule has 0 saturated heterocycles. The smallest absolute Gasteiger partial charge is 0.305 e. The van der Waals surface area contributed by atoms with Crippen LogP contribution in [0.2, 0.25) is 0 Å². The molecule has 7 heteroatoms. The van der Waals surface area contributed by atoms with Gasteiger partial charge in [0.15, 0.2) is 0 Å². The lowest BCUT2D eigenvalue weighted by Crippen LogP contribution is -2.23. The first kappa shape index (κ1) is 20.2. The number of nitrogens with one attached hydrogen (secondary N) is 1. The Morgan fingerprint density at radius 1 is 1.26 bits per heavy atom. The molecule has 2 aromatic rings. The first-order chi connectivity index (χ1) is 12.8. The van der Waals surface area contributed by atoms with Gasteiger partial charge in [-0.25, -0.2) is 4.39 Å². The fourth-order valence-corrected chi connectivity index (χ4v) is 2.43. The molecule has 1 N–H and O–H groups in total. The molecule has 0 aliphatic carbocycles. The van der Waals surface area contributed by atoms with Crippen molar-refractivity contribution in [1.82, 2.24) is 4.98 Å². The average molecular weight is 372 g/mol. The number of amides is 1. The molecule has 0 aliphatic rings. The zero-order valence-corrected chi connectivity index (χ0v) is 15.4. The molecule has 0 saturated carbocycles. The number of benzene rings is 1. The Kier molecular flexibility index (Phi) is 6.76. The minimum Gasteiger partial charge on any atom is -0.469 e. The van der Waals surface area contributed by atoms with Crippen molar-refractivity contribution in [2.45, 2.75) is 26.7 Å². The molecular weight excluding hydrogens is 351 g/mol. The molecule has 1 aromatic carbocycles. The van der Waals surface area contributed by atoms with E-state index in [4.69, 9.17) is 0 Å². The maximum absolute atomic E-state index is 14.0. The van der Waals surface area contributed by atoms with Crippen LogP contribution in [0.4, 0.5) is 10.1 Å². The van der Waals surface area contributed by atoms with Crippen LogP contribution in [0, 0.1) is 18.7 Å². The summed E-state index contributed by atoms with van der Waals surface area (Å²) in [7, 11) is 1.28. The molecule has 1 atom stereocenters. The van der Waals surface area contributed by atoms with Crippen LogP contribution >= 0.6 is 0 Å². The van der Waals surface area contributed by atoms with Crippen LogP contribution in [0.1, 0.15) is 41.4 Å². The predicted molar refractivity (Wildman–Crippen MR) is 97.9 cm³/mol. The molecular formula is C20H21FN2O4. The number of halogens is 1. The van der Waals surface area contributed by atoms with Gasteiger partial charge in [0, 0.05) is 18.5 Å². The summed E-state index contributed by atoms with van der Waals surface area (Å²) >= 11 is 0.